The monoisotopic (exact) mass is 482 g/mol. The lowest BCUT2D eigenvalue weighted by molar-refractivity contribution is -0.126. The Labute approximate surface area is 204 Å². The Morgan fingerprint density at radius 2 is 1.59 bits per heavy atom. The molecule has 2 N–H and O–H groups in total. The molecule has 0 unspecified atom stereocenters. The van der Waals surface area contributed by atoms with Crippen LogP contribution in [0, 0.1) is 0 Å². The summed E-state index contributed by atoms with van der Waals surface area (Å²) in [5.74, 6) is 1.42. The van der Waals surface area contributed by atoms with Gasteiger partial charge < -0.3 is 24.8 Å². The summed E-state index contributed by atoms with van der Waals surface area (Å²) in [6, 6.07) is 21.7. The number of benzene rings is 3. The molecule has 0 heterocycles. The van der Waals surface area contributed by atoms with Crippen molar-refractivity contribution in [3.63, 3.8) is 0 Å². The molecule has 0 saturated heterocycles. The minimum atomic E-state index is -1.15. The predicted octanol–water partition coefficient (Wildman–Crippen LogP) is 5.46. The van der Waals surface area contributed by atoms with Gasteiger partial charge in [0.2, 0.25) is 5.91 Å². The zero-order valence-electron chi connectivity index (χ0n) is 19.3. The van der Waals surface area contributed by atoms with Crippen LogP contribution in [0.3, 0.4) is 0 Å². The molecule has 178 valence electrons. The number of methoxy groups -OCH3 is 1. The number of hydrogen-bond acceptors (Lipinski definition) is 5. The predicted molar refractivity (Wildman–Crippen MR) is 130 cm³/mol. The normalized spacial score (nSPS) is 10.8. The van der Waals surface area contributed by atoms with Crippen molar-refractivity contribution in [1.29, 1.82) is 0 Å². The van der Waals surface area contributed by atoms with Crippen LogP contribution in [0.25, 0.3) is 0 Å². The van der Waals surface area contributed by atoms with E-state index in [0.717, 1.165) is 11.1 Å². The molecule has 34 heavy (non-hydrogen) atoms. The molecular formula is C26H27ClN2O5. The summed E-state index contributed by atoms with van der Waals surface area (Å²) in [6.45, 7) is 3.64. The first-order valence-corrected chi connectivity index (χ1v) is 11.0. The van der Waals surface area contributed by atoms with Crippen molar-refractivity contribution in [1.82, 2.24) is 10.6 Å². The van der Waals surface area contributed by atoms with E-state index in [-0.39, 0.29) is 19.1 Å². The number of amides is 2. The summed E-state index contributed by atoms with van der Waals surface area (Å²) in [7, 11) is 1.57. The van der Waals surface area contributed by atoms with Gasteiger partial charge in [0.05, 0.1) is 12.1 Å². The Balaban J connectivity index is 1.48. The third kappa shape index (κ3) is 7.15. The molecule has 2 amide bonds. The quantitative estimate of drug-likeness (QED) is 0.423. The fourth-order valence-corrected chi connectivity index (χ4v) is 3.18. The molecule has 0 aliphatic carbocycles. The van der Waals surface area contributed by atoms with E-state index in [4.69, 9.17) is 25.8 Å². The third-order valence-electron chi connectivity index (χ3n) is 4.94. The molecule has 3 aromatic rings. The molecule has 0 fully saturated rings. The van der Waals surface area contributed by atoms with E-state index in [9.17, 15) is 9.59 Å². The number of nitrogens with one attached hydrogen (secondary N) is 2. The third-order valence-corrected chi connectivity index (χ3v) is 5.23. The maximum Gasteiger partial charge on any atom is 0.408 e. The van der Waals surface area contributed by atoms with Gasteiger partial charge in [-0.05, 0) is 49.2 Å². The highest BCUT2D eigenvalue weighted by Crippen LogP contribution is 2.32. The molecule has 0 aliphatic rings. The molecule has 0 aromatic heterocycles. The molecular weight excluding hydrogens is 456 g/mol. The molecule has 3 aromatic carbocycles. The van der Waals surface area contributed by atoms with Crippen molar-refractivity contribution in [3.8, 4) is 17.2 Å². The van der Waals surface area contributed by atoms with Gasteiger partial charge in [0, 0.05) is 12.6 Å². The number of alkyl carbamates (subject to hydrolysis) is 1. The van der Waals surface area contributed by atoms with E-state index in [0.29, 0.717) is 22.3 Å². The topological polar surface area (TPSA) is 85.9 Å². The molecule has 0 atom stereocenters. The number of carbonyl (C=O) groups is 2. The number of ether oxygens (including phenoxy) is 3. The van der Waals surface area contributed by atoms with Crippen LogP contribution in [0.5, 0.6) is 17.2 Å². The van der Waals surface area contributed by atoms with Crippen LogP contribution in [0.4, 0.5) is 4.79 Å². The van der Waals surface area contributed by atoms with Gasteiger partial charge in [-0.15, -0.1) is 0 Å². The molecule has 7 nitrogen and oxygen atoms in total. The molecule has 3 rings (SSSR count). The maximum absolute atomic E-state index is 12.6. The van der Waals surface area contributed by atoms with Crippen molar-refractivity contribution in [2.75, 3.05) is 7.11 Å². The summed E-state index contributed by atoms with van der Waals surface area (Å²) >= 11 is 6.21. The van der Waals surface area contributed by atoms with Gasteiger partial charge in [-0.2, -0.15) is 0 Å². The first kappa shape index (κ1) is 24.9. The lowest BCUT2D eigenvalue weighted by Gasteiger charge is -2.24. The first-order valence-electron chi connectivity index (χ1n) is 10.6. The second-order valence-electron chi connectivity index (χ2n) is 8.04. The van der Waals surface area contributed by atoms with Gasteiger partial charge in [-0.25, -0.2) is 4.79 Å². The van der Waals surface area contributed by atoms with Crippen LogP contribution in [0.15, 0.2) is 72.8 Å². The molecule has 0 spiro atoms. The standard InChI is InChI=1S/C26H27ClN2O5/c1-26(2,29-25(31)33-17-19-7-5-4-6-8-19)24(30)28-16-18-9-11-20(12-10-18)34-23-14-13-21(32-3)15-22(23)27/h4-15H,16-17H2,1-3H3,(H,28,30)(H,29,31). The summed E-state index contributed by atoms with van der Waals surface area (Å²) < 4.78 is 16.1. The van der Waals surface area contributed by atoms with Crippen LogP contribution in [0.2, 0.25) is 5.02 Å². The Morgan fingerprint density at radius 3 is 2.24 bits per heavy atom. The van der Waals surface area contributed by atoms with Gasteiger partial charge in [0.25, 0.3) is 0 Å². The van der Waals surface area contributed by atoms with Crippen LogP contribution >= 0.6 is 11.6 Å². The van der Waals surface area contributed by atoms with Gasteiger partial charge in [-0.3, -0.25) is 4.79 Å². The van der Waals surface area contributed by atoms with E-state index in [1.54, 1.807) is 51.3 Å². The molecule has 0 radical (unpaired) electrons. The fourth-order valence-electron chi connectivity index (χ4n) is 2.97. The van der Waals surface area contributed by atoms with Gasteiger partial charge >= 0.3 is 6.09 Å². The first-order chi connectivity index (χ1) is 16.3. The SMILES string of the molecule is COc1ccc(Oc2ccc(CNC(=O)C(C)(C)NC(=O)OCc3ccccc3)cc2)c(Cl)c1. The van der Waals surface area contributed by atoms with Gasteiger partial charge in [0.1, 0.15) is 29.4 Å². The lowest BCUT2D eigenvalue weighted by atomic mass is 10.0. The Morgan fingerprint density at radius 1 is 0.912 bits per heavy atom. The highest BCUT2D eigenvalue weighted by molar-refractivity contribution is 6.32. The van der Waals surface area contributed by atoms with Crippen molar-refractivity contribution in [2.24, 2.45) is 0 Å². The van der Waals surface area contributed by atoms with Gasteiger partial charge in [0.15, 0.2) is 0 Å². The number of halogens is 1. The zero-order chi connectivity index (χ0) is 24.6. The van der Waals surface area contributed by atoms with Crippen LogP contribution in [0.1, 0.15) is 25.0 Å². The highest BCUT2D eigenvalue weighted by atomic mass is 35.5. The number of carbonyl (C=O) groups excluding carboxylic acids is 2. The Kier molecular flexibility index (Phi) is 8.38. The highest BCUT2D eigenvalue weighted by Gasteiger charge is 2.30. The van der Waals surface area contributed by atoms with Crippen LogP contribution in [-0.4, -0.2) is 24.6 Å². The minimum Gasteiger partial charge on any atom is -0.497 e. The van der Waals surface area contributed by atoms with E-state index in [1.807, 2.05) is 42.5 Å². The zero-order valence-corrected chi connectivity index (χ0v) is 20.0. The Bertz CT molecular complexity index is 1120. The second-order valence-corrected chi connectivity index (χ2v) is 8.44. The largest absolute Gasteiger partial charge is 0.497 e. The molecule has 0 saturated carbocycles. The van der Waals surface area contributed by atoms with Crippen molar-refractivity contribution in [3.05, 3.63) is 88.9 Å². The van der Waals surface area contributed by atoms with E-state index in [1.165, 1.54) is 0 Å². The fraction of sp³-hybridized carbons (Fsp3) is 0.231. The summed E-state index contributed by atoms with van der Waals surface area (Å²) in [5.41, 5.74) is 0.577. The average Bonchev–Trinajstić information content (AvgIpc) is 2.83. The average molecular weight is 483 g/mol. The van der Waals surface area contributed by atoms with Crippen molar-refractivity contribution >= 4 is 23.6 Å². The van der Waals surface area contributed by atoms with Crippen molar-refractivity contribution < 1.29 is 23.8 Å². The number of rotatable bonds is 9. The summed E-state index contributed by atoms with van der Waals surface area (Å²) in [6.07, 6.45) is -0.664. The Hall–Kier alpha value is -3.71. The van der Waals surface area contributed by atoms with E-state index < -0.39 is 11.6 Å². The number of hydrogen-bond donors (Lipinski definition) is 2. The van der Waals surface area contributed by atoms with E-state index >= 15 is 0 Å². The smallest absolute Gasteiger partial charge is 0.408 e. The molecule has 8 heteroatoms. The second kappa shape index (κ2) is 11.4. The molecule has 0 aliphatic heterocycles. The van der Waals surface area contributed by atoms with E-state index in [2.05, 4.69) is 10.6 Å². The summed E-state index contributed by atoms with van der Waals surface area (Å²) in [5, 5.41) is 5.86. The van der Waals surface area contributed by atoms with Gasteiger partial charge in [-0.1, -0.05) is 54.1 Å². The molecule has 0 bridgehead atoms. The lowest BCUT2D eigenvalue weighted by Crippen LogP contribution is -2.54. The summed E-state index contributed by atoms with van der Waals surface area (Å²) in [4.78, 5) is 24.7. The minimum absolute atomic E-state index is 0.126. The van der Waals surface area contributed by atoms with Crippen LogP contribution in [-0.2, 0) is 22.7 Å². The van der Waals surface area contributed by atoms with Crippen molar-refractivity contribution in [2.45, 2.75) is 32.5 Å². The van der Waals surface area contributed by atoms with Crippen LogP contribution < -0.4 is 20.1 Å². The maximum atomic E-state index is 12.6.